The number of aliphatic hydroxyl groups excluding tert-OH is 2. The third-order valence-corrected chi connectivity index (χ3v) is 24.7. The molecule has 790 valence electrons. The molecular weight excluding hydrogens is 1930 g/mol. The predicted molar refractivity (Wildman–Crippen MR) is 560 cm³/mol. The number of nitrogens with one attached hydrogen (secondary N) is 4. The Kier molecular flexibility index (Phi) is 62.7. The van der Waals surface area contributed by atoms with Gasteiger partial charge in [-0.05, 0) is 137 Å². The molecule has 14 rings (SSSR count). The summed E-state index contributed by atoms with van der Waals surface area (Å²) in [6, 6.07) is 59.3. The molecular formula is C103H149B3BrN15O23. The van der Waals surface area contributed by atoms with Gasteiger partial charge >= 0.3 is 42.9 Å². The lowest BCUT2D eigenvalue weighted by molar-refractivity contribution is -0.525. The summed E-state index contributed by atoms with van der Waals surface area (Å²) in [4.78, 5) is 132. The van der Waals surface area contributed by atoms with E-state index in [2.05, 4.69) is 120 Å². The lowest BCUT2D eigenvalue weighted by Crippen LogP contribution is -2.46. The van der Waals surface area contributed by atoms with Gasteiger partial charge in [0.05, 0.1) is 70.3 Å². The minimum atomic E-state index is -0.696. The van der Waals surface area contributed by atoms with Crippen LogP contribution in [0.25, 0.3) is 0 Å². The van der Waals surface area contributed by atoms with Gasteiger partial charge in [-0.15, -0.1) is 0 Å². The number of rotatable bonds is 39. The molecule has 4 bridgehead atoms. The van der Waals surface area contributed by atoms with E-state index < -0.39 is 33.5 Å². The molecule has 6 aromatic carbocycles. The Bertz CT molecular complexity index is 4750. The van der Waals surface area contributed by atoms with Gasteiger partial charge in [-0.25, -0.2) is 14.4 Å². The van der Waals surface area contributed by atoms with E-state index in [1.165, 1.54) is 73.4 Å². The van der Waals surface area contributed by atoms with Crippen LogP contribution in [0.15, 0.2) is 206 Å². The molecule has 0 spiro atoms. The van der Waals surface area contributed by atoms with E-state index in [9.17, 15) is 68.7 Å². The predicted octanol–water partition coefficient (Wildman–Crippen LogP) is 7.99. The molecule has 8 aliphatic heterocycles. The van der Waals surface area contributed by atoms with Crippen LogP contribution in [0.4, 0.5) is 9.59 Å². The standard InChI is InChI=1S/C16H21BN2O3.C15H20N2O4.C15H22N2O2.C14H19BN2O2.C13H17NO2.C9H9NO4.C7H15BN2O.C6H9BrO2.C6H12N2.C2H5NO3/c1-2-22-15(20)8-13-10-19(11-14(13)18-16(17)21)9-12-6-4-3-5-7-12;1-2-21-15(18)8-13-10-16(11-14(13)17(19)20)9-12-6-4-3-5-7-12;1-2-19-15(18)8-13-10-17(11-14(13)16)9-12-6-4-3-5-7-12;15-14(19)16-13-10-17(9-12(13)6-7-18)8-11-4-2-1-3-5-11;1-2-16-13(15)9-6-10-14-11-12-7-4-3-5-8-12;11-9(14-7-6-10(12)13)8-4-2-1-3-5-8;1-8(11)9-7-5-10-3-2-6(7)4-10;1-2-9-6(8)4-3-5-7;7-6-4-8-2-1-5(6)3-8;4-2-1-3(5)6/h3-7,13-14H,2,8-11H2,1H3,(H,18,21);3-7,13-14H,2,8-11H2,1H3;3-7,13-14H,2,8-11,16H2,1H3;1-5,12-13,18H,6-10H2,(H,16,19);3-9,14H,2,10-11H2,1H3;1-5H,6-7H2;6-7,9,11H,2-5H2,1H3;3-4H,2,5H2,1H3;5-6H,1-4,7H2;4H,1-2H2/b;;;;9-6+;;;;;/t3*13-,14-;12-,13-;;;;;;/m0000....../s1. The van der Waals surface area contributed by atoms with Crippen molar-refractivity contribution in [3.63, 3.8) is 0 Å². The number of carbonyl (C=O) groups is 8. The third kappa shape index (κ3) is 53.7. The highest BCUT2D eigenvalue weighted by Crippen LogP contribution is 2.31. The fraction of sp³-hybridized carbons (Fsp3) is 0.534. The summed E-state index contributed by atoms with van der Waals surface area (Å²) in [6.45, 7) is 29.3. The Hall–Kier alpha value is -11.1. The molecule has 0 aliphatic carbocycles. The maximum Gasteiger partial charge on any atom is 0.373 e. The second-order valence-electron chi connectivity index (χ2n) is 35.7. The van der Waals surface area contributed by atoms with Crippen molar-refractivity contribution in [1.29, 1.82) is 0 Å². The summed E-state index contributed by atoms with van der Waals surface area (Å²) < 4.78 is 28.9. The van der Waals surface area contributed by atoms with Gasteiger partial charge in [0.1, 0.15) is 6.61 Å². The zero-order chi connectivity index (χ0) is 106. The number of piperidine rings is 2. The molecule has 6 unspecified atom stereocenters. The summed E-state index contributed by atoms with van der Waals surface area (Å²) in [5, 5.41) is 69.0. The number of fused-ring (bicyclic) bond motifs is 4. The van der Waals surface area contributed by atoms with E-state index in [0.29, 0.717) is 108 Å². The van der Waals surface area contributed by atoms with E-state index in [-0.39, 0.29) is 123 Å². The molecule has 0 aromatic heterocycles. The first-order chi connectivity index (χ1) is 69.8. The monoisotopic (exact) mass is 2080 g/mol. The Morgan fingerprint density at radius 3 is 1.22 bits per heavy atom. The molecule has 0 saturated carbocycles. The van der Waals surface area contributed by atoms with E-state index in [0.717, 1.165) is 89.4 Å². The number of aliphatic hydroxyl groups is 2. The van der Waals surface area contributed by atoms with Gasteiger partial charge < -0.3 is 86.1 Å². The Morgan fingerprint density at radius 1 is 0.455 bits per heavy atom. The highest BCUT2D eigenvalue weighted by Gasteiger charge is 2.43. The molecule has 2 amide bonds. The number of nitrogens with two attached hydrogens (primary N) is 2. The van der Waals surface area contributed by atoms with Gasteiger partial charge in [-0.1, -0.05) is 198 Å². The number of allylic oxidation sites excluding steroid dienone is 1. The number of carbonyl (C=O) groups excluding carboxylic acids is 8. The van der Waals surface area contributed by atoms with Crippen molar-refractivity contribution < 1.29 is 96.8 Å². The van der Waals surface area contributed by atoms with Gasteiger partial charge in [0.15, 0.2) is 18.2 Å². The number of alkyl halides is 1. The molecule has 4 radical (unpaired) electrons. The number of benzene rings is 6. The van der Waals surface area contributed by atoms with E-state index >= 15 is 0 Å². The average molecular weight is 2080 g/mol. The van der Waals surface area contributed by atoms with Crippen molar-refractivity contribution in [2.24, 2.45) is 47.0 Å². The van der Waals surface area contributed by atoms with Gasteiger partial charge in [-0.3, -0.25) is 73.9 Å². The smallest absolute Gasteiger partial charge is 0.373 e. The summed E-state index contributed by atoms with van der Waals surface area (Å²) in [5.74, 6) is -1.00. The van der Waals surface area contributed by atoms with Crippen molar-refractivity contribution in [3.8, 4) is 0 Å². The van der Waals surface area contributed by atoms with Crippen LogP contribution in [-0.2, 0) is 85.1 Å². The molecule has 8 aliphatic rings. The van der Waals surface area contributed by atoms with Crippen LogP contribution in [0.3, 0.4) is 0 Å². The first kappa shape index (κ1) is 124. The first-order valence-electron chi connectivity index (χ1n) is 49.6. The van der Waals surface area contributed by atoms with Gasteiger partial charge in [0, 0.05) is 186 Å². The number of halogens is 1. The minimum Gasteiger partial charge on any atom is -0.466 e. The molecule has 6 aromatic rings. The molecule has 11 N–H and O–H groups in total. The lowest BCUT2D eigenvalue weighted by atomic mass is 9.84. The van der Waals surface area contributed by atoms with Crippen molar-refractivity contribution in [2.45, 2.75) is 149 Å². The van der Waals surface area contributed by atoms with Crippen LogP contribution in [-0.4, -0.2) is 335 Å². The van der Waals surface area contributed by atoms with Gasteiger partial charge in [-0.2, -0.15) is 0 Å². The minimum absolute atomic E-state index is 0.0234. The topological polar surface area (TPSA) is 502 Å². The number of hydrogen-bond donors (Lipinski definition) is 9. The van der Waals surface area contributed by atoms with Crippen molar-refractivity contribution in [2.75, 3.05) is 169 Å². The largest absolute Gasteiger partial charge is 0.466 e. The summed E-state index contributed by atoms with van der Waals surface area (Å²) in [7, 11) is 10.1. The second kappa shape index (κ2) is 73.1. The van der Waals surface area contributed by atoms with E-state index in [1.807, 2.05) is 115 Å². The molecule has 38 nitrogen and oxygen atoms in total. The first-order valence-corrected chi connectivity index (χ1v) is 50.7. The summed E-state index contributed by atoms with van der Waals surface area (Å²) in [5.41, 5.74) is 18.4. The summed E-state index contributed by atoms with van der Waals surface area (Å²) in [6.07, 6.45) is 10.5. The van der Waals surface area contributed by atoms with Crippen LogP contribution >= 0.6 is 15.9 Å². The fourth-order valence-corrected chi connectivity index (χ4v) is 17.9. The quantitative estimate of drug-likeness (QED) is 0.00258. The number of likely N-dealkylation sites (tertiary alicyclic amines) is 4. The Labute approximate surface area is 864 Å². The number of nitro groups is 3. The van der Waals surface area contributed by atoms with Gasteiger partial charge in [0.25, 0.3) is 0 Å². The zero-order valence-electron chi connectivity index (χ0n) is 84.5. The van der Waals surface area contributed by atoms with E-state index in [1.54, 1.807) is 77.0 Å². The Balaban J connectivity index is 0.000000289. The zero-order valence-corrected chi connectivity index (χ0v) is 86.1. The average Bonchev–Trinajstić information content (AvgIpc) is 1.61. The molecule has 145 heavy (non-hydrogen) atoms. The van der Waals surface area contributed by atoms with E-state index in [4.69, 9.17) is 61.3 Å². The van der Waals surface area contributed by atoms with Crippen molar-refractivity contribution in [3.05, 3.63) is 270 Å². The number of amides is 2. The molecule has 42 heteroatoms. The van der Waals surface area contributed by atoms with Crippen LogP contribution in [0.5, 0.6) is 0 Å². The second-order valence-corrected chi connectivity index (χ2v) is 36.3. The van der Waals surface area contributed by atoms with Crippen molar-refractivity contribution >= 4 is 86.1 Å². The van der Waals surface area contributed by atoms with Crippen LogP contribution in [0, 0.1) is 65.9 Å². The van der Waals surface area contributed by atoms with Crippen LogP contribution in [0.2, 0.25) is 6.82 Å². The van der Waals surface area contributed by atoms with Crippen molar-refractivity contribution in [1.82, 2.24) is 50.6 Å². The molecule has 8 fully saturated rings. The number of hydrogen-bond acceptors (Lipinski definition) is 33. The maximum atomic E-state index is 11.7. The highest BCUT2D eigenvalue weighted by atomic mass is 79.9. The summed E-state index contributed by atoms with van der Waals surface area (Å²) >= 11 is 3.13. The molecule has 8 saturated heterocycles. The maximum absolute atomic E-state index is 11.7. The normalized spacial score (nSPS) is 21.7. The third-order valence-electron chi connectivity index (χ3n) is 24.3. The number of esters is 6. The fourth-order valence-electron chi connectivity index (χ4n) is 17.7. The highest BCUT2D eigenvalue weighted by molar-refractivity contribution is 9.09. The van der Waals surface area contributed by atoms with Gasteiger partial charge in [0.2, 0.25) is 34.8 Å². The Morgan fingerprint density at radius 2 is 0.848 bits per heavy atom. The molecule has 14 atom stereocenters. The van der Waals surface area contributed by atoms with Crippen LogP contribution < -0.4 is 32.6 Å². The lowest BCUT2D eigenvalue weighted by Gasteiger charge is -2.23. The number of ether oxygens (including phenoxy) is 6. The molecule has 8 heterocycles. The number of nitrogens with zero attached hydrogens (tertiary/aromatic N) is 9. The van der Waals surface area contributed by atoms with Crippen LogP contribution in [0.1, 0.15) is 111 Å². The SMILES string of the molecule is CB(O)NC1CN2CCC1C2.CCOC(=O)/C=C/CNCc1ccccc1.CCOC(=O)C=CCBr.CCOC(=O)C[C@H]1CN(Cc2ccccc2)C[C@@H]1N.CCOC(=O)C[C@H]1CN(Cc2ccccc2)C[C@@H]1[N+](=O)[O-].NC1CN2CCC1C2.O=C(OCC[N+](=O)[O-])c1ccccc1.O=[N+]([O-])CCO.[B]C(=O)N[C@H]1CN(Cc2ccccc2)C[C@@H]1CC(=O)OCC.[B]C(=O)N[C@H]1CN(Cc2ccccc2)C[C@@H]1CCO.